The summed E-state index contributed by atoms with van der Waals surface area (Å²) in [6.45, 7) is -1.83. The Morgan fingerprint density at radius 2 is 1.40 bits per heavy atom. The molecule has 10 atom stereocenters. The number of phenols is 5. The van der Waals surface area contributed by atoms with E-state index in [9.17, 15) is 65.8 Å². The summed E-state index contributed by atoms with van der Waals surface area (Å²) >= 11 is 0. The largest absolute Gasteiger partial charge is 0.508 e. The van der Waals surface area contributed by atoms with Crippen LogP contribution in [0.15, 0.2) is 63.8 Å². The van der Waals surface area contributed by atoms with E-state index in [0.717, 1.165) is 30.3 Å². The first-order chi connectivity index (χ1) is 27.1. The summed E-state index contributed by atoms with van der Waals surface area (Å²) < 4.78 is 39.5. The van der Waals surface area contributed by atoms with Crippen LogP contribution in [0.1, 0.15) is 5.56 Å². The van der Waals surface area contributed by atoms with E-state index in [1.165, 1.54) is 37.5 Å². The molecule has 0 bridgehead atoms. The molecule has 3 heterocycles. The molecular weight excluding hydrogens is 764 g/mol. The van der Waals surface area contributed by atoms with E-state index in [1.807, 2.05) is 0 Å². The van der Waals surface area contributed by atoms with Crippen LogP contribution in [0, 0.1) is 0 Å². The minimum absolute atomic E-state index is 0.0924. The quantitative estimate of drug-likeness (QED) is 0.0505. The molecule has 4 aromatic rings. The Labute approximate surface area is 320 Å². The van der Waals surface area contributed by atoms with Gasteiger partial charge in [0, 0.05) is 23.8 Å². The maximum atomic E-state index is 14.0. The van der Waals surface area contributed by atoms with Crippen molar-refractivity contribution in [1.82, 2.24) is 0 Å². The SMILES string of the molecule is COc1cc(/C=C/C(=O)O[C@H]2[C@H](O[C@H]3[C@H](Oc4c(-c5ccc(O)c(O)c5)oc5cc(O)cc(O)c5c4=O)O[C@H](CO)[C@@H](O)[C@@H]3O)O[C@H](CO)[C@@H](O)[C@@H]2O)ccc1O. The predicted octanol–water partition coefficient (Wildman–Crippen LogP) is -0.736. The Hall–Kier alpha value is -5.68. The van der Waals surface area contributed by atoms with Gasteiger partial charge in [0.15, 0.2) is 47.3 Å². The number of carbonyl (C=O) groups excluding carboxylic acids is 1. The number of phenolic OH excluding ortho intramolecular Hbond substituents is 5. The lowest BCUT2D eigenvalue weighted by molar-refractivity contribution is -0.358. The Kier molecular flexibility index (Phi) is 12.1. The molecule has 20 nitrogen and oxygen atoms in total. The molecule has 2 fully saturated rings. The minimum atomic E-state index is -2.08. The van der Waals surface area contributed by atoms with Gasteiger partial charge in [0.1, 0.15) is 59.1 Å². The second kappa shape index (κ2) is 16.8. The monoisotopic (exact) mass is 802 g/mol. The second-order valence-electron chi connectivity index (χ2n) is 12.9. The third-order valence-corrected chi connectivity index (χ3v) is 9.20. The number of benzene rings is 3. The van der Waals surface area contributed by atoms with Gasteiger partial charge in [-0.25, -0.2) is 4.79 Å². The van der Waals surface area contributed by atoms with Crippen molar-refractivity contribution in [3.63, 3.8) is 0 Å². The molecular formula is C37H38O20. The van der Waals surface area contributed by atoms with Crippen LogP contribution >= 0.6 is 0 Å². The summed E-state index contributed by atoms with van der Waals surface area (Å²) in [5.74, 6) is -4.98. The van der Waals surface area contributed by atoms with Crippen LogP contribution in [0.4, 0.5) is 0 Å². The highest BCUT2D eigenvalue weighted by atomic mass is 16.8. The zero-order valence-electron chi connectivity index (χ0n) is 29.6. The number of fused-ring (bicyclic) bond motifs is 1. The van der Waals surface area contributed by atoms with E-state index in [2.05, 4.69) is 0 Å². The first-order valence-electron chi connectivity index (χ1n) is 17.0. The van der Waals surface area contributed by atoms with Gasteiger partial charge in [0.25, 0.3) is 0 Å². The highest BCUT2D eigenvalue weighted by Gasteiger charge is 2.53. The van der Waals surface area contributed by atoms with Gasteiger partial charge < -0.3 is 89.0 Å². The normalized spacial score (nSPS) is 27.7. The summed E-state index contributed by atoms with van der Waals surface area (Å²) in [7, 11) is 1.31. The van der Waals surface area contributed by atoms with E-state index in [4.69, 9.17) is 32.8 Å². The Bertz CT molecular complexity index is 2180. The van der Waals surface area contributed by atoms with Gasteiger partial charge in [-0.3, -0.25) is 4.79 Å². The van der Waals surface area contributed by atoms with Crippen molar-refractivity contribution in [3.05, 3.63) is 70.4 Å². The average Bonchev–Trinajstić information content (AvgIpc) is 3.18. The number of aliphatic hydroxyl groups is 6. The lowest BCUT2D eigenvalue weighted by Gasteiger charge is -2.46. The summed E-state index contributed by atoms with van der Waals surface area (Å²) in [6, 6.07) is 9.17. The topological polar surface area (TPSA) is 325 Å². The van der Waals surface area contributed by atoms with Crippen LogP contribution in [0.25, 0.3) is 28.4 Å². The van der Waals surface area contributed by atoms with E-state index in [0.29, 0.717) is 5.56 Å². The lowest BCUT2D eigenvalue weighted by Crippen LogP contribution is -2.65. The van der Waals surface area contributed by atoms with Crippen LogP contribution in [0.5, 0.6) is 40.2 Å². The third-order valence-electron chi connectivity index (χ3n) is 9.20. The Balaban J connectivity index is 1.38. The fourth-order valence-electron chi connectivity index (χ4n) is 6.22. The van der Waals surface area contributed by atoms with Gasteiger partial charge in [-0.2, -0.15) is 0 Å². The van der Waals surface area contributed by atoms with Crippen LogP contribution < -0.4 is 14.9 Å². The molecule has 0 aliphatic carbocycles. The van der Waals surface area contributed by atoms with E-state index < -0.39 is 126 Å². The number of esters is 1. The Morgan fingerprint density at radius 1 is 0.754 bits per heavy atom. The summed E-state index contributed by atoms with van der Waals surface area (Å²) in [5, 5.41) is 114. The average molecular weight is 803 g/mol. The number of hydrogen-bond acceptors (Lipinski definition) is 20. The first kappa shape index (κ1) is 41.0. The molecule has 57 heavy (non-hydrogen) atoms. The third kappa shape index (κ3) is 8.25. The molecule has 0 saturated carbocycles. The van der Waals surface area contributed by atoms with Gasteiger partial charge in [-0.05, 0) is 42.0 Å². The van der Waals surface area contributed by atoms with Gasteiger partial charge in [0.2, 0.25) is 17.5 Å². The molecule has 6 rings (SSSR count). The maximum absolute atomic E-state index is 14.0. The van der Waals surface area contributed by atoms with Crippen molar-refractivity contribution < 1.29 is 93.8 Å². The van der Waals surface area contributed by atoms with Crippen molar-refractivity contribution in [3.8, 4) is 51.6 Å². The molecule has 20 heteroatoms. The van der Waals surface area contributed by atoms with Crippen molar-refractivity contribution in [2.75, 3.05) is 20.3 Å². The van der Waals surface area contributed by atoms with Crippen LogP contribution in [-0.4, -0.2) is 144 Å². The maximum Gasteiger partial charge on any atom is 0.331 e. The molecule has 2 aliphatic heterocycles. The summed E-state index contributed by atoms with van der Waals surface area (Å²) in [6.07, 6.45) is -16.9. The highest BCUT2D eigenvalue weighted by Crippen LogP contribution is 2.40. The number of hydrogen-bond donors (Lipinski definition) is 11. The lowest BCUT2D eigenvalue weighted by atomic mass is 9.97. The zero-order valence-corrected chi connectivity index (χ0v) is 29.6. The minimum Gasteiger partial charge on any atom is -0.508 e. The summed E-state index contributed by atoms with van der Waals surface area (Å²) in [4.78, 5) is 27.1. The first-order valence-corrected chi connectivity index (χ1v) is 17.0. The number of carbonyl (C=O) groups is 1. The molecule has 1 aromatic heterocycles. The molecule has 0 amide bonds. The number of methoxy groups -OCH3 is 1. The van der Waals surface area contributed by atoms with Crippen molar-refractivity contribution in [1.29, 1.82) is 0 Å². The zero-order chi connectivity index (χ0) is 41.3. The molecule has 2 saturated heterocycles. The van der Waals surface area contributed by atoms with Crippen molar-refractivity contribution in [2.45, 2.75) is 61.4 Å². The highest BCUT2D eigenvalue weighted by molar-refractivity contribution is 5.89. The molecule has 2 aliphatic rings. The van der Waals surface area contributed by atoms with E-state index >= 15 is 0 Å². The smallest absolute Gasteiger partial charge is 0.331 e. The van der Waals surface area contributed by atoms with Crippen LogP contribution in [0.3, 0.4) is 0 Å². The second-order valence-corrected chi connectivity index (χ2v) is 12.9. The molecule has 0 radical (unpaired) electrons. The van der Waals surface area contributed by atoms with E-state index in [-0.39, 0.29) is 22.6 Å². The molecule has 306 valence electrons. The predicted molar refractivity (Wildman–Crippen MR) is 189 cm³/mol. The number of rotatable bonds is 11. The molecule has 3 aromatic carbocycles. The molecule has 11 N–H and O–H groups in total. The fraction of sp³-hybridized carbons (Fsp3) is 0.351. The van der Waals surface area contributed by atoms with E-state index in [1.54, 1.807) is 0 Å². The van der Waals surface area contributed by atoms with Gasteiger partial charge in [0.05, 0.1) is 20.3 Å². The fourth-order valence-corrected chi connectivity index (χ4v) is 6.22. The molecule has 0 spiro atoms. The standard InChI is InChI=1S/C37H38O20/c1-51-21-8-14(2-5-18(21)42)3-7-25(45)55-34-30(49)27(46)23(12-38)53-36(34)57-35-31(50)28(47)24(13-39)54-37(35)56-33-29(48)26-20(44)10-16(40)11-22(26)52-32(33)15-4-6-17(41)19(43)9-15/h2-11,23-24,27-28,30-31,34-44,46-47,49-50H,12-13H2,1H3/b7-3+/t23-,24-,27-,28-,30+,31+,34-,35-,36+,37+/m1/s1. The summed E-state index contributed by atoms with van der Waals surface area (Å²) in [5.41, 5.74) is -1.22. The molecule has 0 unspecified atom stereocenters. The number of aliphatic hydroxyl groups excluding tert-OH is 6. The Morgan fingerprint density at radius 3 is 2.05 bits per heavy atom. The van der Waals surface area contributed by atoms with Crippen LogP contribution in [-0.2, 0) is 23.7 Å². The van der Waals surface area contributed by atoms with Gasteiger partial charge in [-0.1, -0.05) is 6.07 Å². The number of ether oxygens (including phenoxy) is 6. The van der Waals surface area contributed by atoms with Crippen molar-refractivity contribution >= 4 is 23.0 Å². The number of aromatic hydroxyl groups is 5. The van der Waals surface area contributed by atoms with Gasteiger partial charge >= 0.3 is 5.97 Å². The van der Waals surface area contributed by atoms with Gasteiger partial charge in [-0.15, -0.1) is 0 Å². The van der Waals surface area contributed by atoms with Crippen molar-refractivity contribution in [2.24, 2.45) is 0 Å². The van der Waals surface area contributed by atoms with Crippen LogP contribution in [0.2, 0.25) is 0 Å².